The minimum absolute atomic E-state index is 0.100. The Balaban J connectivity index is 2.54. The molecule has 0 aliphatic rings. The Morgan fingerprint density at radius 3 is 2.94 bits per heavy atom. The van der Waals surface area contributed by atoms with E-state index in [0.29, 0.717) is 0 Å². The maximum Gasteiger partial charge on any atom is 0.241 e. The molecule has 3 nitrogen and oxygen atoms in total. The van der Waals surface area contributed by atoms with Gasteiger partial charge in [-0.25, -0.2) is 0 Å². The molecule has 0 saturated carbocycles. The predicted molar refractivity (Wildman–Crippen MR) is 74.4 cm³/mol. The summed E-state index contributed by atoms with van der Waals surface area (Å²) in [5, 5.41) is 2.85. The van der Waals surface area contributed by atoms with Gasteiger partial charge < -0.3 is 11.1 Å². The minimum Gasteiger partial charge on any atom is -0.325 e. The second-order valence-corrected chi connectivity index (χ2v) is 4.85. The van der Waals surface area contributed by atoms with Crippen LogP contribution in [0, 0.1) is 0 Å². The van der Waals surface area contributed by atoms with E-state index in [4.69, 9.17) is 5.73 Å². The van der Waals surface area contributed by atoms with Crippen LogP contribution in [0.25, 0.3) is 0 Å². The number of amides is 1. The van der Waals surface area contributed by atoms with Crippen LogP contribution in [-0.2, 0) is 4.79 Å². The van der Waals surface area contributed by atoms with Gasteiger partial charge in [0.15, 0.2) is 0 Å². The molecule has 0 heterocycles. The Kier molecular flexibility index (Phi) is 6.08. The first kappa shape index (κ1) is 14.1. The summed E-state index contributed by atoms with van der Waals surface area (Å²) in [6, 6.07) is 7.36. The lowest BCUT2D eigenvalue weighted by molar-refractivity contribution is -0.117. The number of unbranched alkanes of at least 4 members (excludes halogenated alkanes) is 1. The van der Waals surface area contributed by atoms with Gasteiger partial charge in [-0.2, -0.15) is 0 Å². The summed E-state index contributed by atoms with van der Waals surface area (Å²) in [4.78, 5) is 12.9. The molecule has 1 rings (SSSR count). The third-order valence-corrected chi connectivity index (χ3v) is 3.27. The Morgan fingerprint density at radius 2 is 2.29 bits per heavy atom. The van der Waals surface area contributed by atoms with E-state index in [2.05, 4.69) is 12.2 Å². The van der Waals surface area contributed by atoms with Gasteiger partial charge in [0, 0.05) is 10.6 Å². The van der Waals surface area contributed by atoms with Gasteiger partial charge in [0.2, 0.25) is 5.91 Å². The minimum atomic E-state index is -0.409. The third-order valence-electron chi connectivity index (χ3n) is 2.54. The lowest BCUT2D eigenvalue weighted by Crippen LogP contribution is -2.35. The Labute approximate surface area is 107 Å². The molecule has 0 bridgehead atoms. The molecule has 0 aliphatic heterocycles. The fraction of sp³-hybridized carbons (Fsp3) is 0.462. The molecule has 0 saturated heterocycles. The zero-order chi connectivity index (χ0) is 12.7. The highest BCUT2D eigenvalue weighted by Crippen LogP contribution is 2.19. The van der Waals surface area contributed by atoms with Crippen LogP contribution in [0.2, 0.25) is 0 Å². The number of carbonyl (C=O) groups is 1. The average molecular weight is 252 g/mol. The fourth-order valence-electron chi connectivity index (χ4n) is 1.49. The fourth-order valence-corrected chi connectivity index (χ4v) is 1.95. The van der Waals surface area contributed by atoms with Crippen LogP contribution >= 0.6 is 11.8 Å². The molecule has 0 radical (unpaired) electrons. The standard InChI is InChI=1S/C13H20N2OS/c1-3-4-8-12(14)13(16)15-10-6-5-7-11(9-10)17-2/h5-7,9,12H,3-4,8,14H2,1-2H3,(H,15,16)/t12-/m0/s1. The number of nitrogens with two attached hydrogens (primary N) is 1. The van der Waals surface area contributed by atoms with Crippen molar-refractivity contribution in [2.75, 3.05) is 11.6 Å². The zero-order valence-electron chi connectivity index (χ0n) is 10.4. The molecule has 1 aromatic rings. The van der Waals surface area contributed by atoms with Gasteiger partial charge in [0.05, 0.1) is 6.04 Å². The molecule has 0 aliphatic carbocycles. The van der Waals surface area contributed by atoms with Crippen molar-refractivity contribution in [1.29, 1.82) is 0 Å². The van der Waals surface area contributed by atoms with E-state index in [-0.39, 0.29) is 5.91 Å². The lowest BCUT2D eigenvalue weighted by atomic mass is 10.1. The molecule has 0 aromatic heterocycles. The second kappa shape index (κ2) is 7.35. The third kappa shape index (κ3) is 4.79. The van der Waals surface area contributed by atoms with Crippen molar-refractivity contribution in [1.82, 2.24) is 0 Å². The smallest absolute Gasteiger partial charge is 0.241 e. The highest BCUT2D eigenvalue weighted by atomic mass is 32.2. The number of nitrogens with one attached hydrogen (secondary N) is 1. The second-order valence-electron chi connectivity index (χ2n) is 3.97. The van der Waals surface area contributed by atoms with Gasteiger partial charge in [0.1, 0.15) is 0 Å². The summed E-state index contributed by atoms with van der Waals surface area (Å²) in [7, 11) is 0. The van der Waals surface area contributed by atoms with Gasteiger partial charge >= 0.3 is 0 Å². The van der Waals surface area contributed by atoms with Crippen LogP contribution in [0.1, 0.15) is 26.2 Å². The topological polar surface area (TPSA) is 55.1 Å². The van der Waals surface area contributed by atoms with Crippen LogP contribution < -0.4 is 11.1 Å². The quantitative estimate of drug-likeness (QED) is 0.765. The van der Waals surface area contributed by atoms with Crippen molar-refractivity contribution in [2.24, 2.45) is 5.73 Å². The van der Waals surface area contributed by atoms with E-state index in [0.717, 1.165) is 29.8 Å². The number of hydrogen-bond acceptors (Lipinski definition) is 3. The van der Waals surface area contributed by atoms with Crippen LogP contribution in [-0.4, -0.2) is 18.2 Å². The molecular formula is C13H20N2OS. The van der Waals surface area contributed by atoms with E-state index in [9.17, 15) is 4.79 Å². The molecule has 94 valence electrons. The molecule has 0 unspecified atom stereocenters. The van der Waals surface area contributed by atoms with Crippen molar-refractivity contribution in [3.63, 3.8) is 0 Å². The van der Waals surface area contributed by atoms with E-state index in [1.165, 1.54) is 0 Å². The van der Waals surface area contributed by atoms with Crippen molar-refractivity contribution in [3.05, 3.63) is 24.3 Å². The van der Waals surface area contributed by atoms with Crippen molar-refractivity contribution in [3.8, 4) is 0 Å². The summed E-state index contributed by atoms with van der Waals surface area (Å²) in [6.45, 7) is 2.09. The number of benzene rings is 1. The summed E-state index contributed by atoms with van der Waals surface area (Å²) in [5.41, 5.74) is 6.62. The van der Waals surface area contributed by atoms with Gasteiger partial charge in [-0.1, -0.05) is 25.8 Å². The van der Waals surface area contributed by atoms with E-state index >= 15 is 0 Å². The SMILES string of the molecule is CCCC[C@H](N)C(=O)Nc1cccc(SC)c1. The summed E-state index contributed by atoms with van der Waals surface area (Å²) >= 11 is 1.65. The van der Waals surface area contributed by atoms with Crippen molar-refractivity contribution in [2.45, 2.75) is 37.1 Å². The Bertz CT molecular complexity index is 368. The maximum atomic E-state index is 11.8. The Hall–Kier alpha value is -1.00. The van der Waals surface area contributed by atoms with E-state index < -0.39 is 6.04 Å². The number of carbonyl (C=O) groups excluding carboxylic acids is 1. The largest absolute Gasteiger partial charge is 0.325 e. The van der Waals surface area contributed by atoms with Crippen molar-refractivity contribution < 1.29 is 4.79 Å². The van der Waals surface area contributed by atoms with E-state index in [1.54, 1.807) is 11.8 Å². The van der Waals surface area contributed by atoms with Gasteiger partial charge in [-0.05, 0) is 30.9 Å². The molecule has 0 fully saturated rings. The van der Waals surface area contributed by atoms with Crippen LogP contribution in [0.15, 0.2) is 29.2 Å². The lowest BCUT2D eigenvalue weighted by Gasteiger charge is -2.12. The molecule has 0 spiro atoms. The molecule has 1 amide bonds. The normalized spacial score (nSPS) is 12.2. The van der Waals surface area contributed by atoms with E-state index in [1.807, 2.05) is 30.5 Å². The highest BCUT2D eigenvalue weighted by molar-refractivity contribution is 7.98. The number of hydrogen-bond donors (Lipinski definition) is 2. The van der Waals surface area contributed by atoms with Gasteiger partial charge in [0.25, 0.3) is 0 Å². The van der Waals surface area contributed by atoms with Gasteiger partial charge in [-0.15, -0.1) is 11.8 Å². The van der Waals surface area contributed by atoms with Crippen LogP contribution in [0.5, 0.6) is 0 Å². The highest BCUT2D eigenvalue weighted by Gasteiger charge is 2.12. The average Bonchev–Trinajstić information content (AvgIpc) is 2.36. The van der Waals surface area contributed by atoms with Crippen molar-refractivity contribution >= 4 is 23.4 Å². The molecule has 4 heteroatoms. The summed E-state index contributed by atoms with van der Waals surface area (Å²) in [6.07, 6.45) is 4.79. The van der Waals surface area contributed by atoms with Crippen LogP contribution in [0.3, 0.4) is 0 Å². The number of thioether (sulfide) groups is 1. The summed E-state index contributed by atoms with van der Waals surface area (Å²) in [5.74, 6) is -0.100. The molecule has 1 aromatic carbocycles. The first-order chi connectivity index (χ1) is 8.17. The van der Waals surface area contributed by atoms with Crippen LogP contribution in [0.4, 0.5) is 5.69 Å². The maximum absolute atomic E-state index is 11.8. The molecular weight excluding hydrogens is 232 g/mol. The predicted octanol–water partition coefficient (Wildman–Crippen LogP) is 2.86. The zero-order valence-corrected chi connectivity index (χ0v) is 11.2. The molecule has 17 heavy (non-hydrogen) atoms. The van der Waals surface area contributed by atoms with Gasteiger partial charge in [-0.3, -0.25) is 4.79 Å². The Morgan fingerprint density at radius 1 is 1.53 bits per heavy atom. The number of rotatable bonds is 6. The molecule has 1 atom stereocenters. The summed E-state index contributed by atoms with van der Waals surface area (Å²) < 4.78 is 0. The number of anilines is 1. The first-order valence-corrected chi connectivity index (χ1v) is 7.10. The molecule has 3 N–H and O–H groups in total. The monoisotopic (exact) mass is 252 g/mol. The first-order valence-electron chi connectivity index (χ1n) is 5.88.